The number of hydrogen-bond donors (Lipinski definition) is 0. The summed E-state index contributed by atoms with van der Waals surface area (Å²) in [6, 6.07) is 0. The highest BCUT2D eigenvalue weighted by Gasteiger charge is 2.36. The Hall–Kier alpha value is 0.110. The largest absolute Gasteiger partial charge is 0.300 e. The summed E-state index contributed by atoms with van der Waals surface area (Å²) in [5, 5.41) is 0. The molecule has 0 aliphatic heterocycles. The Kier molecular flexibility index (Phi) is 4.14. The number of Topliss-reactive ketones (excluding diaryl/α,β-unsaturated/α-hetero) is 1. The van der Waals surface area contributed by atoms with Gasteiger partial charge in [0, 0.05) is 18.3 Å². The minimum atomic E-state index is 0.0326. The highest BCUT2D eigenvalue weighted by molar-refractivity contribution is 8.22. The first-order chi connectivity index (χ1) is 6.48. The van der Waals surface area contributed by atoms with E-state index in [1.54, 1.807) is 11.8 Å². The van der Waals surface area contributed by atoms with Gasteiger partial charge in [-0.1, -0.05) is 26.1 Å². The number of thiocarbonyl (C=S) groups is 1. The summed E-state index contributed by atoms with van der Waals surface area (Å²) in [4.78, 5) is 11.4. The fourth-order valence-electron chi connectivity index (χ4n) is 2.07. The van der Waals surface area contributed by atoms with Gasteiger partial charge in [0.15, 0.2) is 0 Å². The molecule has 1 aliphatic rings. The van der Waals surface area contributed by atoms with Crippen molar-refractivity contribution < 1.29 is 4.79 Å². The van der Waals surface area contributed by atoms with Gasteiger partial charge in [0.1, 0.15) is 5.78 Å². The van der Waals surface area contributed by atoms with Crippen LogP contribution in [0.3, 0.4) is 0 Å². The Morgan fingerprint density at radius 1 is 1.57 bits per heavy atom. The molecule has 1 unspecified atom stereocenters. The maximum atomic E-state index is 11.4. The Labute approximate surface area is 96.0 Å². The first-order valence-electron chi connectivity index (χ1n) is 5.08. The van der Waals surface area contributed by atoms with Gasteiger partial charge < -0.3 is 0 Å². The van der Waals surface area contributed by atoms with E-state index in [0.29, 0.717) is 11.7 Å². The number of carbonyl (C=O) groups excluding carboxylic acids is 1. The molecule has 0 aromatic rings. The van der Waals surface area contributed by atoms with Crippen molar-refractivity contribution in [3.63, 3.8) is 0 Å². The molecule has 1 saturated carbocycles. The molecule has 1 fully saturated rings. The maximum Gasteiger partial charge on any atom is 0.133 e. The molecule has 0 N–H and O–H groups in total. The maximum absolute atomic E-state index is 11.4. The van der Waals surface area contributed by atoms with Crippen LogP contribution in [-0.4, -0.2) is 16.2 Å². The number of carbonyl (C=O) groups is 1. The Bertz CT molecular complexity index is 246. The molecule has 1 aliphatic carbocycles. The molecule has 0 heterocycles. The van der Waals surface area contributed by atoms with Crippen LogP contribution in [0.5, 0.6) is 0 Å². The van der Waals surface area contributed by atoms with Gasteiger partial charge in [0.05, 0.1) is 4.20 Å². The van der Waals surface area contributed by atoms with Crippen LogP contribution in [0, 0.1) is 11.3 Å². The fourth-order valence-corrected chi connectivity index (χ4v) is 2.93. The van der Waals surface area contributed by atoms with Crippen molar-refractivity contribution in [3.05, 3.63) is 0 Å². The summed E-state index contributed by atoms with van der Waals surface area (Å²) in [6.45, 7) is 4.35. The molecule has 0 radical (unpaired) electrons. The molecule has 1 atom stereocenters. The zero-order valence-corrected chi connectivity index (χ0v) is 10.8. The molecule has 14 heavy (non-hydrogen) atoms. The Balaban J connectivity index is 2.70. The zero-order chi connectivity index (χ0) is 10.8. The van der Waals surface area contributed by atoms with Crippen molar-refractivity contribution in [2.75, 3.05) is 6.26 Å². The SMILES string of the molecule is CSC(=S)C(C)(C)C1CCCC(=O)C1. The van der Waals surface area contributed by atoms with Crippen molar-refractivity contribution >= 4 is 34.0 Å². The first-order valence-corrected chi connectivity index (χ1v) is 6.72. The second kappa shape index (κ2) is 4.75. The molecule has 0 aromatic carbocycles. The molecular formula is C11H18OS2. The standard InChI is InChI=1S/C11H18OS2/c1-11(2,10(13)14-3)8-5-4-6-9(12)7-8/h8H,4-7H2,1-3H3. The predicted octanol–water partition coefficient (Wildman–Crippen LogP) is 3.46. The summed E-state index contributed by atoms with van der Waals surface area (Å²) < 4.78 is 1.04. The third-order valence-corrected chi connectivity index (χ3v) is 5.14. The van der Waals surface area contributed by atoms with E-state index in [1.807, 2.05) is 6.26 Å². The van der Waals surface area contributed by atoms with E-state index in [9.17, 15) is 4.79 Å². The van der Waals surface area contributed by atoms with Gasteiger partial charge in [-0.15, -0.1) is 11.8 Å². The lowest BCUT2D eigenvalue weighted by Gasteiger charge is -2.36. The third kappa shape index (κ3) is 2.57. The van der Waals surface area contributed by atoms with Crippen LogP contribution in [0.25, 0.3) is 0 Å². The van der Waals surface area contributed by atoms with Crippen molar-refractivity contribution in [2.45, 2.75) is 39.5 Å². The first kappa shape index (κ1) is 12.2. The molecule has 0 bridgehead atoms. The van der Waals surface area contributed by atoms with E-state index in [-0.39, 0.29) is 5.41 Å². The lowest BCUT2D eigenvalue weighted by molar-refractivity contribution is -0.122. The van der Waals surface area contributed by atoms with E-state index < -0.39 is 0 Å². The number of ketones is 1. The molecule has 80 valence electrons. The number of hydrogen-bond acceptors (Lipinski definition) is 3. The number of thioether (sulfide) groups is 1. The van der Waals surface area contributed by atoms with Crippen LogP contribution in [0.1, 0.15) is 39.5 Å². The van der Waals surface area contributed by atoms with E-state index >= 15 is 0 Å². The quantitative estimate of drug-likeness (QED) is 0.676. The molecule has 3 heteroatoms. The molecule has 0 saturated heterocycles. The van der Waals surface area contributed by atoms with Crippen molar-refractivity contribution in [1.82, 2.24) is 0 Å². The van der Waals surface area contributed by atoms with Gasteiger partial charge in [-0.05, 0) is 25.0 Å². The smallest absolute Gasteiger partial charge is 0.133 e. The van der Waals surface area contributed by atoms with Gasteiger partial charge in [-0.25, -0.2) is 0 Å². The minimum absolute atomic E-state index is 0.0326. The normalized spacial score (nSPS) is 23.6. The Morgan fingerprint density at radius 2 is 2.21 bits per heavy atom. The van der Waals surface area contributed by atoms with Crippen LogP contribution in [0.15, 0.2) is 0 Å². The van der Waals surface area contributed by atoms with Crippen LogP contribution in [0.4, 0.5) is 0 Å². The molecule has 1 nitrogen and oxygen atoms in total. The lowest BCUT2D eigenvalue weighted by Crippen LogP contribution is -2.33. The lowest BCUT2D eigenvalue weighted by atomic mass is 9.72. The Morgan fingerprint density at radius 3 is 2.71 bits per heavy atom. The zero-order valence-electron chi connectivity index (χ0n) is 9.13. The summed E-state index contributed by atoms with van der Waals surface area (Å²) in [5.74, 6) is 0.877. The monoisotopic (exact) mass is 230 g/mol. The van der Waals surface area contributed by atoms with Crippen LogP contribution >= 0.6 is 24.0 Å². The van der Waals surface area contributed by atoms with E-state index in [0.717, 1.165) is 29.9 Å². The molecule has 0 aromatic heterocycles. The average Bonchev–Trinajstić information content (AvgIpc) is 2.16. The van der Waals surface area contributed by atoms with Gasteiger partial charge >= 0.3 is 0 Å². The number of rotatable bonds is 2. The topological polar surface area (TPSA) is 17.1 Å². The van der Waals surface area contributed by atoms with E-state index in [2.05, 4.69) is 13.8 Å². The van der Waals surface area contributed by atoms with Crippen LogP contribution < -0.4 is 0 Å². The van der Waals surface area contributed by atoms with Gasteiger partial charge in [-0.3, -0.25) is 4.79 Å². The summed E-state index contributed by atoms with van der Waals surface area (Å²) in [7, 11) is 0. The molecular weight excluding hydrogens is 212 g/mol. The second-order valence-corrected chi connectivity index (χ2v) is 6.03. The third-order valence-electron chi connectivity index (χ3n) is 3.21. The second-order valence-electron chi connectivity index (χ2n) is 4.55. The molecule has 0 spiro atoms. The van der Waals surface area contributed by atoms with Gasteiger partial charge in [0.2, 0.25) is 0 Å². The molecule has 1 rings (SSSR count). The summed E-state index contributed by atoms with van der Waals surface area (Å²) in [6.07, 6.45) is 5.73. The fraction of sp³-hybridized carbons (Fsp3) is 0.818. The van der Waals surface area contributed by atoms with E-state index in [4.69, 9.17) is 12.2 Å². The van der Waals surface area contributed by atoms with Gasteiger partial charge in [-0.2, -0.15) is 0 Å². The van der Waals surface area contributed by atoms with Gasteiger partial charge in [0.25, 0.3) is 0 Å². The van der Waals surface area contributed by atoms with Crippen molar-refractivity contribution in [3.8, 4) is 0 Å². The van der Waals surface area contributed by atoms with E-state index in [1.165, 1.54) is 0 Å². The highest BCUT2D eigenvalue weighted by Crippen LogP contribution is 2.40. The summed E-state index contributed by atoms with van der Waals surface area (Å²) in [5.41, 5.74) is 0.0326. The van der Waals surface area contributed by atoms with Crippen LogP contribution in [0.2, 0.25) is 0 Å². The average molecular weight is 230 g/mol. The van der Waals surface area contributed by atoms with Crippen molar-refractivity contribution in [1.29, 1.82) is 0 Å². The van der Waals surface area contributed by atoms with Crippen molar-refractivity contribution in [2.24, 2.45) is 11.3 Å². The highest BCUT2D eigenvalue weighted by atomic mass is 32.2. The van der Waals surface area contributed by atoms with Crippen LogP contribution in [-0.2, 0) is 4.79 Å². The predicted molar refractivity (Wildman–Crippen MR) is 66.9 cm³/mol. The minimum Gasteiger partial charge on any atom is -0.300 e. The molecule has 0 amide bonds. The summed E-state index contributed by atoms with van der Waals surface area (Å²) >= 11 is 7.01.